The molecule has 0 heterocycles. The van der Waals surface area contributed by atoms with Crippen LogP contribution >= 0.6 is 0 Å². The van der Waals surface area contributed by atoms with Crippen molar-refractivity contribution in [1.29, 1.82) is 0 Å². The summed E-state index contributed by atoms with van der Waals surface area (Å²) in [6.45, 7) is 11.8. The van der Waals surface area contributed by atoms with Crippen molar-refractivity contribution in [3.8, 4) is 0 Å². The number of benzene rings is 1. The van der Waals surface area contributed by atoms with Gasteiger partial charge in [0.15, 0.2) is 5.78 Å². The zero-order valence-electron chi connectivity index (χ0n) is 14.9. The lowest BCUT2D eigenvalue weighted by Crippen LogP contribution is -2.34. The van der Waals surface area contributed by atoms with Crippen LogP contribution in [0.25, 0.3) is 12.2 Å². The predicted octanol–water partition coefficient (Wildman–Crippen LogP) is 3.18. The molecule has 2 N–H and O–H groups in total. The van der Waals surface area contributed by atoms with E-state index in [9.17, 15) is 4.79 Å². The summed E-state index contributed by atoms with van der Waals surface area (Å²) in [7, 11) is 0. The molecular formula is C20H31NO. The number of nitrogens with two attached hydrogens (primary N) is 1. The standard InChI is InChI=1S/C18H25NO.C2H6/c1-5-14(12-17(19)18(20)13(3)4)11-16-10-8-7-9-15(16)6-2;1-2/h5-11,13,17H,12,19H2,1-4H3;1-2H3/b14-5+,15-6-,16-11-;. The number of rotatable bonds is 5. The highest BCUT2D eigenvalue weighted by atomic mass is 16.1. The molecule has 0 spiro atoms. The Morgan fingerprint density at radius 2 is 1.68 bits per heavy atom. The monoisotopic (exact) mass is 301 g/mol. The average Bonchev–Trinajstić information content (AvgIpc) is 2.55. The molecule has 1 atom stereocenters. The number of hydrogen-bond acceptors (Lipinski definition) is 2. The van der Waals surface area contributed by atoms with Gasteiger partial charge in [-0.05, 0) is 36.3 Å². The third kappa shape index (κ3) is 6.40. The van der Waals surface area contributed by atoms with E-state index in [0.29, 0.717) is 6.42 Å². The maximum Gasteiger partial charge on any atom is 0.152 e. The number of carbonyl (C=O) groups is 1. The molecule has 2 heteroatoms. The second kappa shape index (κ2) is 11.0. The van der Waals surface area contributed by atoms with Gasteiger partial charge in [0.2, 0.25) is 0 Å². The molecule has 1 unspecified atom stereocenters. The Bertz CT molecular complexity index is 596. The fraction of sp³-hybridized carbons (Fsp3) is 0.450. The van der Waals surface area contributed by atoms with Gasteiger partial charge >= 0.3 is 0 Å². The van der Waals surface area contributed by atoms with Gasteiger partial charge in [-0.15, -0.1) is 0 Å². The zero-order chi connectivity index (χ0) is 17.1. The van der Waals surface area contributed by atoms with Crippen molar-refractivity contribution in [2.45, 2.75) is 54.0 Å². The maximum atomic E-state index is 11.9. The Kier molecular flexibility index (Phi) is 10.1. The first-order valence-electron chi connectivity index (χ1n) is 8.17. The van der Waals surface area contributed by atoms with Gasteiger partial charge in [-0.1, -0.05) is 70.2 Å². The summed E-state index contributed by atoms with van der Waals surface area (Å²) < 4.78 is 0. The molecule has 0 saturated heterocycles. The first-order chi connectivity index (χ1) is 10.5. The van der Waals surface area contributed by atoms with Gasteiger partial charge in [0, 0.05) is 5.92 Å². The van der Waals surface area contributed by atoms with E-state index in [-0.39, 0.29) is 11.7 Å². The van der Waals surface area contributed by atoms with Gasteiger partial charge in [-0.3, -0.25) is 4.79 Å². The second-order valence-corrected chi connectivity index (χ2v) is 5.29. The lowest BCUT2D eigenvalue weighted by Gasteiger charge is -2.13. The summed E-state index contributed by atoms with van der Waals surface area (Å²) >= 11 is 0. The predicted molar refractivity (Wildman–Crippen MR) is 97.8 cm³/mol. The Balaban J connectivity index is 0.00000211. The molecule has 2 nitrogen and oxygen atoms in total. The number of ketones is 1. The van der Waals surface area contributed by atoms with Crippen LogP contribution in [0.2, 0.25) is 0 Å². The van der Waals surface area contributed by atoms with Crippen LogP contribution in [-0.2, 0) is 4.79 Å². The summed E-state index contributed by atoms with van der Waals surface area (Å²) in [5.41, 5.74) is 7.10. The van der Waals surface area contributed by atoms with Crippen LogP contribution in [0.3, 0.4) is 0 Å². The molecule has 122 valence electrons. The molecule has 0 aliphatic carbocycles. The van der Waals surface area contributed by atoms with Crippen molar-refractivity contribution < 1.29 is 4.79 Å². The van der Waals surface area contributed by atoms with E-state index in [0.717, 1.165) is 10.8 Å². The minimum absolute atomic E-state index is 0.0145. The van der Waals surface area contributed by atoms with Crippen LogP contribution < -0.4 is 16.2 Å². The molecule has 0 aliphatic rings. The van der Waals surface area contributed by atoms with Gasteiger partial charge in [0.1, 0.15) is 0 Å². The fourth-order valence-electron chi connectivity index (χ4n) is 2.15. The zero-order valence-corrected chi connectivity index (χ0v) is 14.9. The van der Waals surface area contributed by atoms with E-state index in [1.165, 1.54) is 5.22 Å². The summed E-state index contributed by atoms with van der Waals surface area (Å²) in [4.78, 5) is 11.9. The largest absolute Gasteiger partial charge is 0.321 e. The Labute approximate surface area is 135 Å². The molecule has 0 aliphatic heterocycles. The van der Waals surface area contributed by atoms with E-state index < -0.39 is 6.04 Å². The molecule has 0 bridgehead atoms. The number of Topliss-reactive ketones (excluding diaryl/α,β-unsaturated/α-hetero) is 1. The van der Waals surface area contributed by atoms with Crippen molar-refractivity contribution >= 4 is 17.9 Å². The van der Waals surface area contributed by atoms with Crippen molar-refractivity contribution in [2.75, 3.05) is 0 Å². The lowest BCUT2D eigenvalue weighted by atomic mass is 9.96. The Hall–Kier alpha value is -1.67. The van der Waals surface area contributed by atoms with Crippen molar-refractivity contribution in [3.63, 3.8) is 0 Å². The van der Waals surface area contributed by atoms with Crippen LogP contribution in [0.4, 0.5) is 0 Å². The highest BCUT2D eigenvalue weighted by molar-refractivity contribution is 5.86. The van der Waals surface area contributed by atoms with Crippen molar-refractivity contribution in [1.82, 2.24) is 0 Å². The second-order valence-electron chi connectivity index (χ2n) is 5.29. The van der Waals surface area contributed by atoms with E-state index in [2.05, 4.69) is 24.3 Å². The van der Waals surface area contributed by atoms with Crippen molar-refractivity contribution in [3.05, 3.63) is 46.4 Å². The van der Waals surface area contributed by atoms with Gasteiger partial charge in [0.05, 0.1) is 6.04 Å². The number of carbonyl (C=O) groups excluding carboxylic acids is 1. The van der Waals surface area contributed by atoms with Crippen LogP contribution in [0.1, 0.15) is 48.0 Å². The average molecular weight is 301 g/mol. The van der Waals surface area contributed by atoms with Gasteiger partial charge in [0.25, 0.3) is 0 Å². The van der Waals surface area contributed by atoms with Crippen LogP contribution in [0.5, 0.6) is 0 Å². The molecule has 1 aromatic carbocycles. The lowest BCUT2D eigenvalue weighted by molar-refractivity contribution is -0.123. The number of hydrogen-bond donors (Lipinski definition) is 1. The molecule has 22 heavy (non-hydrogen) atoms. The quantitative estimate of drug-likeness (QED) is 0.907. The summed E-state index contributed by atoms with van der Waals surface area (Å²) in [5, 5.41) is 2.35. The van der Waals surface area contributed by atoms with E-state index in [4.69, 9.17) is 5.73 Å². The number of allylic oxidation sites excluding steroid dienone is 1. The summed E-state index contributed by atoms with van der Waals surface area (Å²) in [5.74, 6) is 0.104. The highest BCUT2D eigenvalue weighted by Gasteiger charge is 2.17. The molecule has 1 aromatic rings. The first-order valence-corrected chi connectivity index (χ1v) is 8.17. The molecule has 0 saturated carbocycles. The van der Waals surface area contributed by atoms with Crippen LogP contribution in [-0.4, -0.2) is 11.8 Å². The van der Waals surface area contributed by atoms with Gasteiger partial charge in [-0.25, -0.2) is 0 Å². The molecule has 0 aromatic heterocycles. The molecule has 0 radical (unpaired) electrons. The van der Waals surface area contributed by atoms with Gasteiger partial charge in [-0.2, -0.15) is 0 Å². The smallest absolute Gasteiger partial charge is 0.152 e. The fourth-order valence-corrected chi connectivity index (χ4v) is 2.15. The van der Waals surface area contributed by atoms with Crippen LogP contribution in [0.15, 0.2) is 35.9 Å². The third-order valence-corrected chi connectivity index (χ3v) is 3.41. The topological polar surface area (TPSA) is 43.1 Å². The van der Waals surface area contributed by atoms with E-state index in [1.54, 1.807) is 0 Å². The van der Waals surface area contributed by atoms with Crippen LogP contribution in [0, 0.1) is 5.92 Å². The highest BCUT2D eigenvalue weighted by Crippen LogP contribution is 2.09. The Morgan fingerprint density at radius 1 is 1.14 bits per heavy atom. The molecular weight excluding hydrogens is 270 g/mol. The summed E-state index contributed by atoms with van der Waals surface area (Å²) in [6.07, 6.45) is 6.81. The molecule has 0 amide bonds. The van der Waals surface area contributed by atoms with E-state index >= 15 is 0 Å². The maximum absolute atomic E-state index is 11.9. The minimum atomic E-state index is -0.421. The van der Waals surface area contributed by atoms with E-state index in [1.807, 2.05) is 59.8 Å². The minimum Gasteiger partial charge on any atom is -0.321 e. The SMILES string of the molecule is CC.C\C=C(/C=c1/cccc/c1=C/C)CC(N)C(=O)C(C)C. The van der Waals surface area contributed by atoms with Crippen molar-refractivity contribution in [2.24, 2.45) is 11.7 Å². The molecule has 1 rings (SSSR count). The Morgan fingerprint density at radius 3 is 2.14 bits per heavy atom. The van der Waals surface area contributed by atoms with Gasteiger partial charge < -0.3 is 5.73 Å². The first kappa shape index (κ1) is 20.3. The normalized spacial score (nSPS) is 14.6. The third-order valence-electron chi connectivity index (χ3n) is 3.41. The molecule has 0 fully saturated rings. The summed E-state index contributed by atoms with van der Waals surface area (Å²) in [6, 6.07) is 7.78.